The zero-order valence-electron chi connectivity index (χ0n) is 17.0. The molecule has 3 rings (SSSR count). The van der Waals surface area contributed by atoms with Gasteiger partial charge in [-0.1, -0.05) is 27.7 Å². The number of aromatic nitrogens is 4. The molecule has 0 aromatic carbocycles. The fraction of sp³-hybridized carbons (Fsp3) is 0.619. The van der Waals surface area contributed by atoms with Gasteiger partial charge < -0.3 is 4.90 Å². The summed E-state index contributed by atoms with van der Waals surface area (Å²) in [6.07, 6.45) is 7.59. The highest BCUT2D eigenvalue weighted by molar-refractivity contribution is 5.81. The van der Waals surface area contributed by atoms with Gasteiger partial charge in [0.1, 0.15) is 6.33 Å². The van der Waals surface area contributed by atoms with Gasteiger partial charge >= 0.3 is 0 Å². The van der Waals surface area contributed by atoms with E-state index in [2.05, 4.69) is 28.1 Å². The lowest BCUT2D eigenvalue weighted by atomic mass is 9.89. The molecule has 2 aromatic rings. The molecule has 27 heavy (non-hydrogen) atoms. The molecule has 6 heteroatoms. The van der Waals surface area contributed by atoms with Gasteiger partial charge in [-0.2, -0.15) is 5.10 Å². The Labute approximate surface area is 162 Å². The maximum Gasteiger partial charge on any atom is 0.227 e. The minimum absolute atomic E-state index is 0.249. The Bertz CT molecular complexity index is 777. The van der Waals surface area contributed by atoms with Crippen LogP contribution in [0.4, 0.5) is 0 Å². The molecule has 0 aliphatic carbocycles. The summed E-state index contributed by atoms with van der Waals surface area (Å²) >= 11 is 0. The summed E-state index contributed by atoms with van der Waals surface area (Å²) in [5.41, 5.74) is 2.68. The van der Waals surface area contributed by atoms with Crippen LogP contribution in [0.2, 0.25) is 0 Å². The van der Waals surface area contributed by atoms with Crippen LogP contribution >= 0.6 is 0 Å². The topological polar surface area (TPSA) is 63.9 Å². The van der Waals surface area contributed by atoms with Crippen molar-refractivity contribution < 1.29 is 4.79 Å². The SMILES string of the molecule is CCCn1nccc1-c1cc(C[C@@H]2CCCN(C(=O)C(C)(C)C)C2)ncn1. The first-order chi connectivity index (χ1) is 12.9. The third-order valence-electron chi connectivity index (χ3n) is 5.08. The lowest BCUT2D eigenvalue weighted by molar-refractivity contribution is -0.141. The molecular formula is C21H31N5O. The van der Waals surface area contributed by atoms with E-state index in [9.17, 15) is 4.79 Å². The summed E-state index contributed by atoms with van der Waals surface area (Å²) < 4.78 is 2.00. The van der Waals surface area contributed by atoms with Crippen molar-refractivity contribution in [2.45, 2.75) is 59.9 Å². The Morgan fingerprint density at radius 3 is 2.85 bits per heavy atom. The first kappa shape index (κ1) is 19.5. The van der Waals surface area contributed by atoms with Crippen molar-refractivity contribution in [3.05, 3.63) is 30.4 Å². The number of carbonyl (C=O) groups excluding carboxylic acids is 1. The van der Waals surface area contributed by atoms with Crippen LogP contribution in [0, 0.1) is 11.3 Å². The van der Waals surface area contributed by atoms with Gasteiger partial charge in [0.15, 0.2) is 0 Å². The number of amides is 1. The molecule has 1 aliphatic heterocycles. The van der Waals surface area contributed by atoms with Crippen LogP contribution in [-0.4, -0.2) is 43.6 Å². The van der Waals surface area contributed by atoms with Gasteiger partial charge in [-0.05, 0) is 43.7 Å². The monoisotopic (exact) mass is 369 g/mol. The summed E-state index contributed by atoms with van der Waals surface area (Å²) in [6.45, 7) is 10.7. The van der Waals surface area contributed by atoms with Gasteiger partial charge in [0.05, 0.1) is 11.4 Å². The van der Waals surface area contributed by atoms with Crippen molar-refractivity contribution in [1.82, 2.24) is 24.6 Å². The second-order valence-corrected chi connectivity index (χ2v) is 8.55. The van der Waals surface area contributed by atoms with E-state index in [1.807, 2.05) is 42.6 Å². The first-order valence-corrected chi connectivity index (χ1v) is 10.0. The van der Waals surface area contributed by atoms with Gasteiger partial charge in [-0.15, -0.1) is 0 Å². The van der Waals surface area contributed by atoms with Crippen LogP contribution in [0.25, 0.3) is 11.4 Å². The van der Waals surface area contributed by atoms with Crippen molar-refractivity contribution in [3.8, 4) is 11.4 Å². The number of aryl methyl sites for hydroxylation is 1. The predicted octanol–water partition coefficient (Wildman–Crippen LogP) is 3.58. The largest absolute Gasteiger partial charge is 0.342 e. The average Bonchev–Trinajstić information content (AvgIpc) is 3.09. The molecule has 146 valence electrons. The summed E-state index contributed by atoms with van der Waals surface area (Å²) in [4.78, 5) is 23.6. The maximum absolute atomic E-state index is 12.6. The highest BCUT2D eigenvalue weighted by atomic mass is 16.2. The third-order valence-corrected chi connectivity index (χ3v) is 5.08. The lowest BCUT2D eigenvalue weighted by Gasteiger charge is -2.36. The van der Waals surface area contributed by atoms with E-state index >= 15 is 0 Å². The Balaban J connectivity index is 1.71. The predicted molar refractivity (Wildman–Crippen MR) is 106 cm³/mol. The number of hydrogen-bond acceptors (Lipinski definition) is 4. The number of rotatable bonds is 5. The van der Waals surface area contributed by atoms with Crippen molar-refractivity contribution in [1.29, 1.82) is 0 Å². The molecule has 6 nitrogen and oxygen atoms in total. The van der Waals surface area contributed by atoms with E-state index in [0.29, 0.717) is 5.92 Å². The van der Waals surface area contributed by atoms with Crippen molar-refractivity contribution in [2.75, 3.05) is 13.1 Å². The van der Waals surface area contributed by atoms with E-state index in [1.54, 1.807) is 6.33 Å². The number of hydrogen-bond donors (Lipinski definition) is 0. The molecule has 3 heterocycles. The molecule has 0 unspecified atom stereocenters. The molecule has 0 saturated carbocycles. The smallest absolute Gasteiger partial charge is 0.227 e. The number of piperidine rings is 1. The third kappa shape index (κ3) is 4.73. The number of likely N-dealkylation sites (tertiary alicyclic amines) is 1. The molecule has 0 bridgehead atoms. The molecule has 1 fully saturated rings. The Hall–Kier alpha value is -2.24. The molecule has 2 aromatic heterocycles. The van der Waals surface area contributed by atoms with Gasteiger partial charge in [0.25, 0.3) is 0 Å². The van der Waals surface area contributed by atoms with Gasteiger partial charge in [0.2, 0.25) is 5.91 Å². The fourth-order valence-electron chi connectivity index (χ4n) is 3.78. The zero-order chi connectivity index (χ0) is 19.4. The molecule has 1 amide bonds. The van der Waals surface area contributed by atoms with Crippen LogP contribution in [0.15, 0.2) is 24.7 Å². The van der Waals surface area contributed by atoms with E-state index in [1.165, 1.54) is 0 Å². The van der Waals surface area contributed by atoms with Crippen LogP contribution in [0.5, 0.6) is 0 Å². The highest BCUT2D eigenvalue weighted by Gasteiger charge is 2.31. The quantitative estimate of drug-likeness (QED) is 0.808. The van der Waals surface area contributed by atoms with Gasteiger partial charge in [0, 0.05) is 36.9 Å². The normalized spacial score (nSPS) is 17.9. The summed E-state index contributed by atoms with van der Waals surface area (Å²) in [5.74, 6) is 0.701. The van der Waals surface area contributed by atoms with Crippen LogP contribution < -0.4 is 0 Å². The fourth-order valence-corrected chi connectivity index (χ4v) is 3.78. The van der Waals surface area contributed by atoms with Crippen LogP contribution in [-0.2, 0) is 17.8 Å². The Kier molecular flexibility index (Phi) is 5.92. The molecule has 0 radical (unpaired) electrons. The van der Waals surface area contributed by atoms with Gasteiger partial charge in [-0.25, -0.2) is 9.97 Å². The summed E-state index contributed by atoms with van der Waals surface area (Å²) in [6, 6.07) is 4.08. The first-order valence-electron chi connectivity index (χ1n) is 10.0. The second-order valence-electron chi connectivity index (χ2n) is 8.55. The minimum Gasteiger partial charge on any atom is -0.342 e. The molecule has 0 N–H and O–H groups in total. The molecule has 1 atom stereocenters. The second kappa shape index (κ2) is 8.19. The minimum atomic E-state index is -0.318. The number of nitrogens with zero attached hydrogens (tertiary/aromatic N) is 5. The molecular weight excluding hydrogens is 338 g/mol. The highest BCUT2D eigenvalue weighted by Crippen LogP contribution is 2.26. The van der Waals surface area contributed by atoms with Crippen LogP contribution in [0.1, 0.15) is 52.7 Å². The molecule has 1 aliphatic rings. The van der Waals surface area contributed by atoms with E-state index in [4.69, 9.17) is 0 Å². The van der Waals surface area contributed by atoms with E-state index < -0.39 is 0 Å². The maximum atomic E-state index is 12.6. The summed E-state index contributed by atoms with van der Waals surface area (Å²) in [5, 5.41) is 4.39. The van der Waals surface area contributed by atoms with E-state index in [-0.39, 0.29) is 11.3 Å². The van der Waals surface area contributed by atoms with Crippen molar-refractivity contribution in [3.63, 3.8) is 0 Å². The lowest BCUT2D eigenvalue weighted by Crippen LogP contribution is -2.45. The molecule has 0 spiro atoms. The molecule has 1 saturated heterocycles. The summed E-state index contributed by atoms with van der Waals surface area (Å²) in [7, 11) is 0. The zero-order valence-corrected chi connectivity index (χ0v) is 17.0. The standard InChI is InChI=1S/C21H31N5O/c1-5-10-26-19(8-9-24-26)18-13-17(22-15-23-18)12-16-7-6-11-25(14-16)20(27)21(2,3)4/h8-9,13,15-16H,5-7,10-12,14H2,1-4H3/t16-/m0/s1. The van der Waals surface area contributed by atoms with Crippen LogP contribution in [0.3, 0.4) is 0 Å². The Morgan fingerprint density at radius 1 is 1.30 bits per heavy atom. The van der Waals surface area contributed by atoms with E-state index in [0.717, 1.165) is 62.4 Å². The average molecular weight is 370 g/mol. The Morgan fingerprint density at radius 2 is 2.11 bits per heavy atom. The van der Waals surface area contributed by atoms with Crippen molar-refractivity contribution in [2.24, 2.45) is 11.3 Å². The van der Waals surface area contributed by atoms with Gasteiger partial charge in [-0.3, -0.25) is 9.48 Å². The van der Waals surface area contributed by atoms with Crippen molar-refractivity contribution >= 4 is 5.91 Å². The number of carbonyl (C=O) groups is 1.